The van der Waals surface area contributed by atoms with Crippen LogP contribution in [0.4, 0.5) is 18.4 Å². The number of aromatic amines is 2. The van der Waals surface area contributed by atoms with Crippen molar-refractivity contribution >= 4 is 29.1 Å². The van der Waals surface area contributed by atoms with Crippen molar-refractivity contribution < 1.29 is 33.0 Å². The molecule has 4 N–H and O–H groups in total. The number of fused-ring (bicyclic) bond motifs is 6. The molecule has 2 aliphatic heterocycles. The topological polar surface area (TPSA) is 157 Å². The number of H-pyrrole nitrogens is 2. The van der Waals surface area contributed by atoms with Crippen LogP contribution >= 0.6 is 0 Å². The average molecular weight is 776 g/mol. The number of alkyl carbamates (subject to hydrolysis) is 1. The molecule has 12 nitrogen and oxygen atoms in total. The number of nitrogens with zero attached hydrogens (tertiary/aromatic N) is 4. The van der Waals surface area contributed by atoms with Crippen molar-refractivity contribution in [3.8, 4) is 33.5 Å². The van der Waals surface area contributed by atoms with E-state index >= 15 is 8.78 Å². The highest BCUT2D eigenvalue weighted by atomic mass is 19.3. The summed E-state index contributed by atoms with van der Waals surface area (Å²) >= 11 is 0. The van der Waals surface area contributed by atoms with Crippen molar-refractivity contribution in [1.29, 1.82) is 0 Å². The summed E-state index contributed by atoms with van der Waals surface area (Å²) in [7, 11) is 1.27. The number of likely N-dealkylation sites (tertiary alicyclic amines) is 2. The summed E-state index contributed by atoms with van der Waals surface area (Å²) in [6, 6.07) is 14.4. The van der Waals surface area contributed by atoms with Gasteiger partial charge in [0.05, 0.1) is 42.1 Å². The van der Waals surface area contributed by atoms with Crippen LogP contribution in [0.1, 0.15) is 87.2 Å². The lowest BCUT2D eigenvalue weighted by Gasteiger charge is -2.31. The fourth-order valence-corrected chi connectivity index (χ4v) is 10.1. The summed E-state index contributed by atoms with van der Waals surface area (Å²) in [6.45, 7) is 4.31. The number of rotatable bonds is 7. The van der Waals surface area contributed by atoms with Crippen molar-refractivity contribution in [2.75, 3.05) is 13.7 Å². The number of nitrogens with one attached hydrogen (secondary N) is 3. The molecule has 2 aromatic heterocycles. The van der Waals surface area contributed by atoms with Gasteiger partial charge >= 0.3 is 12.2 Å². The van der Waals surface area contributed by atoms with Gasteiger partial charge in [-0.2, -0.15) is 8.78 Å². The average Bonchev–Trinajstić information content (AvgIpc) is 3.85. The van der Waals surface area contributed by atoms with Gasteiger partial charge in [0.1, 0.15) is 17.7 Å². The zero-order chi connectivity index (χ0) is 39.5. The summed E-state index contributed by atoms with van der Waals surface area (Å²) in [5, 5.41) is 12.6. The second-order valence-corrected chi connectivity index (χ2v) is 17.0. The Kier molecular flexibility index (Phi) is 7.88. The first-order chi connectivity index (χ1) is 27.3. The molecule has 2 bridgehead atoms. The van der Waals surface area contributed by atoms with Gasteiger partial charge in [-0.15, -0.1) is 0 Å². The minimum Gasteiger partial charge on any atom is -0.465 e. The van der Waals surface area contributed by atoms with Gasteiger partial charge in [-0.05, 0) is 102 Å². The molecule has 294 valence electrons. The zero-order valence-corrected chi connectivity index (χ0v) is 31.8. The lowest BCUT2D eigenvalue weighted by atomic mass is 9.98. The van der Waals surface area contributed by atoms with Gasteiger partial charge in [-0.3, -0.25) is 9.69 Å². The predicted molar refractivity (Wildman–Crippen MR) is 206 cm³/mol. The van der Waals surface area contributed by atoms with E-state index < -0.39 is 24.2 Å². The van der Waals surface area contributed by atoms with Crippen LogP contribution in [0.15, 0.2) is 60.8 Å². The first kappa shape index (κ1) is 35.6. The van der Waals surface area contributed by atoms with Crippen LogP contribution < -0.4 is 5.32 Å². The number of ether oxygens (including phenoxy) is 1. The van der Waals surface area contributed by atoms with Gasteiger partial charge in [0.25, 0.3) is 5.92 Å². The number of carboxylic acid groups (broad SMARTS) is 1. The highest BCUT2D eigenvalue weighted by molar-refractivity contribution is 5.88. The number of methoxy groups -OCH3 is 1. The van der Waals surface area contributed by atoms with E-state index in [1.54, 1.807) is 29.3 Å². The lowest BCUT2D eigenvalue weighted by molar-refractivity contribution is -0.135. The van der Waals surface area contributed by atoms with E-state index in [9.17, 15) is 19.5 Å². The minimum absolute atomic E-state index is 0.0170. The Hall–Kier alpha value is -5.79. The number of hydrogen-bond acceptors (Lipinski definition) is 6. The molecule has 14 heteroatoms. The molecule has 5 atom stereocenters. The molecule has 57 heavy (non-hydrogen) atoms. The van der Waals surface area contributed by atoms with Crippen molar-refractivity contribution in [3.05, 3.63) is 83.6 Å². The second-order valence-electron chi connectivity index (χ2n) is 17.0. The number of carbonyl (C=O) groups is 3. The Morgan fingerprint density at radius 3 is 2.35 bits per heavy atom. The van der Waals surface area contributed by atoms with E-state index in [0.717, 1.165) is 49.6 Å². The maximum atomic E-state index is 16.5. The largest absolute Gasteiger partial charge is 0.465 e. The van der Waals surface area contributed by atoms with Gasteiger partial charge in [0, 0.05) is 29.3 Å². The van der Waals surface area contributed by atoms with E-state index in [1.165, 1.54) is 18.1 Å². The normalized spacial score (nSPS) is 24.0. The Morgan fingerprint density at radius 2 is 1.65 bits per heavy atom. The molecule has 3 amide bonds. The van der Waals surface area contributed by atoms with Crippen molar-refractivity contribution in [1.82, 2.24) is 35.1 Å². The minimum atomic E-state index is -3.27. The van der Waals surface area contributed by atoms with E-state index in [-0.39, 0.29) is 52.4 Å². The first-order valence-electron chi connectivity index (χ1n) is 19.7. The second kappa shape index (κ2) is 12.6. The predicted octanol–water partition coefficient (Wildman–Crippen LogP) is 8.38. The molecule has 3 aliphatic carbocycles. The lowest BCUT2D eigenvalue weighted by Crippen LogP contribution is -2.51. The van der Waals surface area contributed by atoms with Gasteiger partial charge in [-0.1, -0.05) is 44.2 Å². The van der Waals surface area contributed by atoms with Gasteiger partial charge in [0.2, 0.25) is 5.91 Å². The van der Waals surface area contributed by atoms with Crippen LogP contribution in [0.25, 0.3) is 44.5 Å². The molecule has 4 heterocycles. The fraction of sp³-hybridized carbons (Fsp3) is 0.419. The molecular weight excluding hydrogens is 733 g/mol. The summed E-state index contributed by atoms with van der Waals surface area (Å²) in [6.07, 6.45) is 5.46. The molecule has 3 aromatic carbocycles. The Bertz CT molecular complexity index is 2490. The SMILES string of the molecule is COC(=O)NC(C(=O)N1CC2(CC2)CC1c1ncc(-c2ccc3c(c2)C(F)(F)c2cc(-c4ccc5nc(C6C7CCC(C7)N6C(=O)O)[nH]c5c4)ccc2-3)[nH]1)C(C)C. The molecule has 2 saturated heterocycles. The van der Waals surface area contributed by atoms with Crippen LogP contribution in [-0.2, 0) is 15.5 Å². The Balaban J connectivity index is 0.913. The maximum absolute atomic E-state index is 16.5. The van der Waals surface area contributed by atoms with Gasteiger partial charge < -0.3 is 30.0 Å². The van der Waals surface area contributed by atoms with Crippen LogP contribution in [0, 0.1) is 17.3 Å². The van der Waals surface area contributed by atoms with Gasteiger partial charge in [-0.25, -0.2) is 19.6 Å². The van der Waals surface area contributed by atoms with Crippen molar-refractivity contribution in [2.24, 2.45) is 17.3 Å². The maximum Gasteiger partial charge on any atom is 0.408 e. The standard InChI is InChI=1S/C43H43F2N7O5/c1-21(2)35(50-40(54)57-3)39(53)51-20-42(12-13-42)18-34(51)37-46-19-33(49-37)24-6-10-28-27-9-5-22(15-29(27)43(44,45)30(28)16-24)23-7-11-31-32(17-23)48-38(47-31)36-25-4-8-26(14-25)52(36)41(55)56/h5-7,9-11,15-17,19,21,25-26,34-36H,4,8,12-14,18,20H2,1-3H3,(H,46,49)(H,47,48)(H,50,54)(H,55,56). The monoisotopic (exact) mass is 775 g/mol. The summed E-state index contributed by atoms with van der Waals surface area (Å²) in [5.41, 5.74) is 4.73. The smallest absolute Gasteiger partial charge is 0.408 e. The van der Waals surface area contributed by atoms with Crippen molar-refractivity contribution in [3.63, 3.8) is 0 Å². The number of carbonyl (C=O) groups excluding carboxylic acids is 2. The summed E-state index contributed by atoms with van der Waals surface area (Å²) < 4.78 is 37.8. The Labute approximate surface area is 327 Å². The third-order valence-electron chi connectivity index (χ3n) is 13.3. The van der Waals surface area contributed by atoms with E-state index in [4.69, 9.17) is 9.72 Å². The Morgan fingerprint density at radius 1 is 0.947 bits per heavy atom. The molecule has 2 saturated carbocycles. The number of hydrogen-bond donors (Lipinski definition) is 4. The van der Waals surface area contributed by atoms with E-state index in [1.807, 2.05) is 44.2 Å². The summed E-state index contributed by atoms with van der Waals surface area (Å²) in [5.74, 6) is -2.20. The molecule has 0 radical (unpaired) electrons. The first-order valence-corrected chi connectivity index (χ1v) is 19.7. The molecule has 5 unspecified atom stereocenters. The highest BCUT2D eigenvalue weighted by Gasteiger charge is 2.55. The fourth-order valence-electron chi connectivity index (χ4n) is 10.1. The van der Waals surface area contributed by atoms with Crippen LogP contribution in [0.3, 0.4) is 0 Å². The molecule has 1 spiro atoms. The molecular formula is C43H43F2N7O5. The molecule has 5 aliphatic rings. The van der Waals surface area contributed by atoms with Crippen molar-refractivity contribution in [2.45, 2.75) is 82.5 Å². The number of alkyl halides is 2. The third kappa shape index (κ3) is 5.61. The molecule has 4 fully saturated rings. The van der Waals surface area contributed by atoms with Gasteiger partial charge in [0.15, 0.2) is 0 Å². The van der Waals surface area contributed by atoms with E-state index in [2.05, 4.69) is 20.3 Å². The van der Waals surface area contributed by atoms with Crippen LogP contribution in [0.2, 0.25) is 0 Å². The molecule has 10 rings (SSSR count). The number of halogens is 2. The quantitative estimate of drug-likeness (QED) is 0.129. The number of imidazole rings is 2. The zero-order valence-electron chi connectivity index (χ0n) is 31.8. The molecule has 5 aromatic rings. The number of piperidine rings is 1. The number of amides is 3. The highest BCUT2D eigenvalue weighted by Crippen LogP contribution is 2.59. The third-order valence-corrected chi connectivity index (χ3v) is 13.3. The number of aromatic nitrogens is 4. The number of benzene rings is 3. The van der Waals surface area contributed by atoms with Crippen LogP contribution in [0.5, 0.6) is 0 Å². The van der Waals surface area contributed by atoms with E-state index in [0.29, 0.717) is 51.7 Å². The van der Waals surface area contributed by atoms with Crippen LogP contribution in [-0.4, -0.2) is 78.7 Å². The summed E-state index contributed by atoms with van der Waals surface area (Å²) in [4.78, 5) is 57.6.